The van der Waals surface area contributed by atoms with Crippen molar-refractivity contribution in [3.63, 3.8) is 0 Å². The van der Waals surface area contributed by atoms with E-state index in [2.05, 4.69) is 11.9 Å². The predicted octanol–water partition coefficient (Wildman–Crippen LogP) is 4.85. The van der Waals surface area contributed by atoms with Gasteiger partial charge in [0.05, 0.1) is 23.0 Å². The summed E-state index contributed by atoms with van der Waals surface area (Å²) in [5, 5.41) is 0. The molecule has 7 heteroatoms. The number of likely N-dealkylation sites (tertiary alicyclic amines) is 1. The van der Waals surface area contributed by atoms with Crippen molar-refractivity contribution in [2.75, 3.05) is 20.2 Å². The number of nitrogens with zero attached hydrogens (tertiary/aromatic N) is 2. The third-order valence-corrected chi connectivity index (χ3v) is 7.31. The number of nitrogens with one attached hydrogen (secondary N) is 1. The zero-order valence-corrected chi connectivity index (χ0v) is 18.9. The van der Waals surface area contributed by atoms with E-state index in [0.29, 0.717) is 13.1 Å². The smallest absolute Gasteiger partial charge is 0.326 e. The minimum Gasteiger partial charge on any atom is -0.497 e. The quantitative estimate of drug-likeness (QED) is 0.486. The van der Waals surface area contributed by atoms with E-state index in [1.54, 1.807) is 18.4 Å². The van der Waals surface area contributed by atoms with Crippen LogP contribution in [0.5, 0.6) is 5.75 Å². The molecule has 0 bridgehead atoms. The molecule has 4 aromatic rings. The SMILES string of the molecule is COc1ccc(-c2cc(C(=O)N3CCC(n4c(=O)[nH]c5ccccc54)CC3)sc2C)cc1. The molecule has 0 saturated carbocycles. The molecule has 3 heterocycles. The number of hydrogen-bond acceptors (Lipinski definition) is 4. The Hall–Kier alpha value is -3.32. The normalized spacial score (nSPS) is 14.8. The van der Waals surface area contributed by atoms with Gasteiger partial charge in [-0.2, -0.15) is 0 Å². The number of ether oxygens (including phenoxy) is 1. The molecule has 164 valence electrons. The maximum absolute atomic E-state index is 13.2. The number of methoxy groups -OCH3 is 1. The highest BCUT2D eigenvalue weighted by Crippen LogP contribution is 2.33. The van der Waals surface area contributed by atoms with Gasteiger partial charge in [0, 0.05) is 24.0 Å². The number of hydrogen-bond donors (Lipinski definition) is 1. The summed E-state index contributed by atoms with van der Waals surface area (Å²) < 4.78 is 7.10. The third kappa shape index (κ3) is 3.62. The summed E-state index contributed by atoms with van der Waals surface area (Å²) in [7, 11) is 1.65. The van der Waals surface area contributed by atoms with Crippen LogP contribution in [-0.4, -0.2) is 40.6 Å². The number of imidazole rings is 1. The van der Waals surface area contributed by atoms with Crippen LogP contribution in [0.3, 0.4) is 0 Å². The lowest BCUT2D eigenvalue weighted by atomic mass is 10.0. The van der Waals surface area contributed by atoms with E-state index >= 15 is 0 Å². The van der Waals surface area contributed by atoms with Gasteiger partial charge in [0.15, 0.2) is 0 Å². The molecule has 1 aliphatic rings. The number of piperidine rings is 1. The fourth-order valence-corrected chi connectivity index (χ4v) is 5.57. The van der Waals surface area contributed by atoms with Crippen LogP contribution in [0, 0.1) is 6.92 Å². The molecular formula is C25H25N3O3S. The van der Waals surface area contributed by atoms with Crippen LogP contribution in [0.4, 0.5) is 0 Å². The molecule has 1 fully saturated rings. The molecule has 0 radical (unpaired) electrons. The Morgan fingerprint density at radius 3 is 2.53 bits per heavy atom. The topological polar surface area (TPSA) is 67.3 Å². The second-order valence-electron chi connectivity index (χ2n) is 8.15. The highest BCUT2D eigenvalue weighted by Gasteiger charge is 2.27. The molecule has 0 atom stereocenters. The maximum Gasteiger partial charge on any atom is 0.326 e. The summed E-state index contributed by atoms with van der Waals surface area (Å²) in [5.74, 6) is 0.887. The summed E-state index contributed by atoms with van der Waals surface area (Å²) >= 11 is 1.54. The van der Waals surface area contributed by atoms with Gasteiger partial charge >= 0.3 is 5.69 Å². The number of thiophene rings is 1. The predicted molar refractivity (Wildman–Crippen MR) is 128 cm³/mol. The van der Waals surface area contributed by atoms with Crippen LogP contribution in [0.1, 0.15) is 33.4 Å². The molecule has 6 nitrogen and oxygen atoms in total. The molecule has 2 aromatic heterocycles. The van der Waals surface area contributed by atoms with Crippen molar-refractivity contribution >= 4 is 28.3 Å². The molecule has 0 aliphatic carbocycles. The Kier molecular flexibility index (Phi) is 5.35. The maximum atomic E-state index is 13.2. The van der Waals surface area contributed by atoms with Gasteiger partial charge in [-0.3, -0.25) is 9.36 Å². The highest BCUT2D eigenvalue weighted by atomic mass is 32.1. The van der Waals surface area contributed by atoms with Crippen LogP contribution < -0.4 is 10.4 Å². The number of amides is 1. The summed E-state index contributed by atoms with van der Waals surface area (Å²) in [5.41, 5.74) is 3.88. The third-order valence-electron chi connectivity index (χ3n) is 6.27. The minimum atomic E-state index is -0.0750. The van der Waals surface area contributed by atoms with Crippen LogP contribution in [0.2, 0.25) is 0 Å². The van der Waals surface area contributed by atoms with Crippen molar-refractivity contribution in [2.24, 2.45) is 0 Å². The standard InChI is InChI=1S/C25H25N3O3S/c1-16-20(17-7-9-19(31-2)10-8-17)15-23(32-16)24(29)27-13-11-18(12-14-27)28-22-6-4-3-5-21(22)26-25(28)30/h3-10,15,18H,11-14H2,1-2H3,(H,26,30). The molecule has 0 spiro atoms. The Balaban J connectivity index is 1.31. The fraction of sp³-hybridized carbons (Fsp3) is 0.280. The first-order valence-electron chi connectivity index (χ1n) is 10.8. The molecule has 1 amide bonds. The summed E-state index contributed by atoms with van der Waals surface area (Å²) in [4.78, 5) is 32.5. The van der Waals surface area contributed by atoms with E-state index in [9.17, 15) is 9.59 Å². The fourth-order valence-electron chi connectivity index (χ4n) is 4.56. The van der Waals surface area contributed by atoms with Crippen molar-refractivity contribution in [3.8, 4) is 16.9 Å². The van der Waals surface area contributed by atoms with E-state index in [-0.39, 0.29) is 17.6 Å². The summed E-state index contributed by atoms with van der Waals surface area (Å²) in [6, 6.07) is 17.8. The second kappa shape index (κ2) is 8.31. The van der Waals surface area contributed by atoms with E-state index in [4.69, 9.17) is 4.74 Å². The number of aryl methyl sites for hydroxylation is 1. The Morgan fingerprint density at radius 2 is 1.81 bits per heavy atom. The van der Waals surface area contributed by atoms with Gasteiger partial charge in [-0.1, -0.05) is 24.3 Å². The Bertz CT molecular complexity index is 1320. The first kappa shape index (κ1) is 20.6. The molecule has 0 unspecified atom stereocenters. The number of para-hydroxylation sites is 2. The van der Waals surface area contributed by atoms with Gasteiger partial charge in [0.25, 0.3) is 5.91 Å². The summed E-state index contributed by atoms with van der Waals surface area (Å²) in [6.45, 7) is 3.34. The number of fused-ring (bicyclic) bond motifs is 1. The van der Waals surface area contributed by atoms with Gasteiger partial charge in [-0.25, -0.2) is 4.79 Å². The average Bonchev–Trinajstić information content (AvgIpc) is 3.38. The monoisotopic (exact) mass is 447 g/mol. The van der Waals surface area contributed by atoms with E-state index in [0.717, 1.165) is 50.5 Å². The lowest BCUT2D eigenvalue weighted by Crippen LogP contribution is -2.40. The van der Waals surface area contributed by atoms with Gasteiger partial charge in [0.1, 0.15) is 5.75 Å². The zero-order valence-electron chi connectivity index (χ0n) is 18.1. The Morgan fingerprint density at radius 1 is 1.09 bits per heavy atom. The highest BCUT2D eigenvalue weighted by molar-refractivity contribution is 7.14. The van der Waals surface area contributed by atoms with Gasteiger partial charge in [-0.05, 0) is 61.2 Å². The largest absolute Gasteiger partial charge is 0.497 e. The first-order valence-corrected chi connectivity index (χ1v) is 11.6. The van der Waals surface area contributed by atoms with E-state index < -0.39 is 0 Å². The van der Waals surface area contributed by atoms with Gasteiger partial charge < -0.3 is 14.6 Å². The minimum absolute atomic E-state index is 0.0718. The van der Waals surface area contributed by atoms with Crippen molar-refractivity contribution < 1.29 is 9.53 Å². The zero-order chi connectivity index (χ0) is 22.2. The van der Waals surface area contributed by atoms with E-state index in [1.807, 2.05) is 64.1 Å². The Labute approximate surface area is 190 Å². The lowest BCUT2D eigenvalue weighted by Gasteiger charge is -2.32. The number of H-pyrrole nitrogens is 1. The second-order valence-corrected chi connectivity index (χ2v) is 9.41. The number of aromatic amines is 1. The van der Waals surface area contributed by atoms with Crippen molar-refractivity contribution in [1.82, 2.24) is 14.5 Å². The number of carbonyl (C=O) groups excluding carboxylic acids is 1. The first-order chi connectivity index (χ1) is 15.5. The van der Waals surface area contributed by atoms with Gasteiger partial charge in [0.2, 0.25) is 0 Å². The average molecular weight is 448 g/mol. The van der Waals surface area contributed by atoms with Crippen LogP contribution in [-0.2, 0) is 0 Å². The van der Waals surface area contributed by atoms with Crippen LogP contribution >= 0.6 is 11.3 Å². The number of rotatable bonds is 4. The van der Waals surface area contributed by atoms with Crippen LogP contribution in [0.15, 0.2) is 59.4 Å². The molecule has 2 aromatic carbocycles. The number of aromatic nitrogens is 2. The number of carbonyl (C=O) groups is 1. The molecule has 32 heavy (non-hydrogen) atoms. The van der Waals surface area contributed by atoms with Crippen LogP contribution in [0.25, 0.3) is 22.2 Å². The molecule has 1 N–H and O–H groups in total. The van der Waals surface area contributed by atoms with E-state index in [1.165, 1.54) is 0 Å². The molecular weight excluding hydrogens is 422 g/mol. The summed E-state index contributed by atoms with van der Waals surface area (Å²) in [6.07, 6.45) is 1.53. The van der Waals surface area contributed by atoms with Crippen molar-refractivity contribution in [3.05, 3.63) is 74.8 Å². The van der Waals surface area contributed by atoms with Crippen molar-refractivity contribution in [2.45, 2.75) is 25.8 Å². The molecule has 1 aliphatic heterocycles. The van der Waals surface area contributed by atoms with Crippen molar-refractivity contribution in [1.29, 1.82) is 0 Å². The van der Waals surface area contributed by atoms with Gasteiger partial charge in [-0.15, -0.1) is 11.3 Å². The lowest BCUT2D eigenvalue weighted by molar-refractivity contribution is 0.0700. The molecule has 5 rings (SSSR count). The number of benzene rings is 2. The molecule has 1 saturated heterocycles.